The average Bonchev–Trinajstić information content (AvgIpc) is 2.64. The Hall–Kier alpha value is -2.34. The average molecular weight is 371 g/mol. The normalized spacial score (nSPS) is 23.6. The van der Waals surface area contributed by atoms with Gasteiger partial charge in [-0.2, -0.15) is 0 Å². The second kappa shape index (κ2) is 8.57. The number of carbonyl (C=O) groups excluding carboxylic acids is 2. The van der Waals surface area contributed by atoms with Gasteiger partial charge in [0.2, 0.25) is 0 Å². The number of carbonyl (C=O) groups is 2. The van der Waals surface area contributed by atoms with Gasteiger partial charge in [0.05, 0.1) is 18.2 Å². The van der Waals surface area contributed by atoms with Crippen LogP contribution in [0.2, 0.25) is 0 Å². The Morgan fingerprint density at radius 3 is 2.67 bits per heavy atom. The molecule has 2 aliphatic rings. The second-order valence-corrected chi connectivity index (χ2v) is 7.37. The van der Waals surface area contributed by atoms with Gasteiger partial charge in [-0.1, -0.05) is 36.2 Å². The van der Waals surface area contributed by atoms with E-state index >= 15 is 0 Å². The molecular formula is C21H29N3O3. The predicted molar refractivity (Wildman–Crippen MR) is 104 cm³/mol. The summed E-state index contributed by atoms with van der Waals surface area (Å²) in [4.78, 5) is 27.5. The number of hydrogen-bond donors (Lipinski definition) is 2. The van der Waals surface area contributed by atoms with E-state index in [4.69, 9.17) is 4.74 Å². The smallest absolute Gasteiger partial charge is 0.338 e. The quantitative estimate of drug-likeness (QED) is 0.781. The Balaban J connectivity index is 1.98. The third-order valence-corrected chi connectivity index (χ3v) is 5.36. The molecular weight excluding hydrogens is 342 g/mol. The predicted octanol–water partition coefficient (Wildman–Crippen LogP) is 3.04. The molecule has 2 N–H and O–H groups in total. The van der Waals surface area contributed by atoms with Gasteiger partial charge in [0.15, 0.2) is 0 Å². The van der Waals surface area contributed by atoms with E-state index in [0.717, 1.165) is 30.5 Å². The Bertz CT molecular complexity index is 727. The Labute approximate surface area is 161 Å². The molecule has 3 rings (SSSR count). The molecule has 1 fully saturated rings. The molecule has 2 amide bonds. The molecule has 146 valence electrons. The summed E-state index contributed by atoms with van der Waals surface area (Å²) in [6, 6.07) is 7.51. The minimum Gasteiger partial charge on any atom is -0.463 e. The molecule has 0 bridgehead atoms. The van der Waals surface area contributed by atoms with Gasteiger partial charge in [-0.15, -0.1) is 0 Å². The maximum absolute atomic E-state index is 12.8. The lowest BCUT2D eigenvalue weighted by Crippen LogP contribution is -2.50. The van der Waals surface area contributed by atoms with Crippen LogP contribution in [0.4, 0.5) is 4.79 Å². The first kappa shape index (κ1) is 19.4. The summed E-state index contributed by atoms with van der Waals surface area (Å²) in [5.41, 5.74) is 3.15. The number of aryl methyl sites for hydroxylation is 1. The van der Waals surface area contributed by atoms with Crippen LogP contribution in [0, 0.1) is 6.92 Å². The summed E-state index contributed by atoms with van der Waals surface area (Å²) >= 11 is 0. The Kier molecular flexibility index (Phi) is 6.16. The molecule has 0 radical (unpaired) electrons. The number of amides is 2. The number of likely N-dealkylation sites (tertiary alicyclic amines) is 1. The molecule has 6 heteroatoms. The zero-order valence-electron chi connectivity index (χ0n) is 16.4. The number of nitrogens with zero attached hydrogens (tertiary/aromatic N) is 1. The van der Waals surface area contributed by atoms with Crippen LogP contribution < -0.4 is 10.6 Å². The largest absolute Gasteiger partial charge is 0.463 e. The van der Waals surface area contributed by atoms with Crippen LogP contribution in [0.25, 0.3) is 0 Å². The van der Waals surface area contributed by atoms with Gasteiger partial charge in [0.1, 0.15) is 0 Å². The summed E-state index contributed by atoms with van der Waals surface area (Å²) in [5.74, 6) is -0.379. The van der Waals surface area contributed by atoms with Crippen molar-refractivity contribution in [2.24, 2.45) is 0 Å². The fourth-order valence-corrected chi connectivity index (χ4v) is 3.80. The highest BCUT2D eigenvalue weighted by molar-refractivity contribution is 5.95. The van der Waals surface area contributed by atoms with E-state index in [1.807, 2.05) is 31.2 Å². The second-order valence-electron chi connectivity index (χ2n) is 7.37. The van der Waals surface area contributed by atoms with Crippen LogP contribution in [-0.2, 0) is 9.53 Å². The number of hydrogen-bond acceptors (Lipinski definition) is 4. The summed E-state index contributed by atoms with van der Waals surface area (Å²) in [6.45, 7) is 7.81. The van der Waals surface area contributed by atoms with Gasteiger partial charge >= 0.3 is 12.0 Å². The SMILES string of the molecule is CCOC(=O)C1=C(CN2CCCC[C@@H]2C)NC(=O)N[C@@H]1c1ccc(C)cc1. The maximum Gasteiger partial charge on any atom is 0.338 e. The van der Waals surface area contributed by atoms with E-state index in [-0.39, 0.29) is 12.0 Å². The van der Waals surface area contributed by atoms with E-state index < -0.39 is 6.04 Å². The lowest BCUT2D eigenvalue weighted by molar-refractivity contribution is -0.139. The molecule has 0 aromatic heterocycles. The van der Waals surface area contributed by atoms with Crippen LogP contribution in [0.1, 0.15) is 50.3 Å². The zero-order valence-corrected chi connectivity index (χ0v) is 16.4. The van der Waals surface area contributed by atoms with Crippen molar-refractivity contribution in [1.82, 2.24) is 15.5 Å². The highest BCUT2D eigenvalue weighted by Crippen LogP contribution is 2.29. The van der Waals surface area contributed by atoms with Gasteiger partial charge in [-0.25, -0.2) is 9.59 Å². The molecule has 2 aliphatic heterocycles. The minimum absolute atomic E-state index is 0.284. The van der Waals surface area contributed by atoms with Crippen molar-refractivity contribution in [3.8, 4) is 0 Å². The molecule has 0 aliphatic carbocycles. The zero-order chi connectivity index (χ0) is 19.4. The number of urea groups is 1. The summed E-state index contributed by atoms with van der Waals surface area (Å²) in [7, 11) is 0. The number of piperidine rings is 1. The van der Waals surface area contributed by atoms with Gasteiger partial charge in [0, 0.05) is 18.3 Å². The van der Waals surface area contributed by atoms with Crippen LogP contribution in [-0.4, -0.2) is 42.6 Å². The highest BCUT2D eigenvalue weighted by atomic mass is 16.5. The van der Waals surface area contributed by atoms with Gasteiger partial charge in [-0.05, 0) is 45.7 Å². The molecule has 1 saturated heterocycles. The van der Waals surface area contributed by atoms with E-state index in [9.17, 15) is 9.59 Å². The molecule has 2 heterocycles. The van der Waals surface area contributed by atoms with E-state index in [2.05, 4.69) is 22.5 Å². The summed E-state index contributed by atoms with van der Waals surface area (Å²) in [5, 5.41) is 5.76. The van der Waals surface area contributed by atoms with E-state index in [1.165, 1.54) is 6.42 Å². The Morgan fingerprint density at radius 1 is 1.26 bits per heavy atom. The van der Waals surface area contributed by atoms with Crippen molar-refractivity contribution in [2.45, 2.75) is 52.1 Å². The molecule has 6 nitrogen and oxygen atoms in total. The van der Waals surface area contributed by atoms with Crippen LogP contribution in [0.15, 0.2) is 35.5 Å². The fraction of sp³-hybridized carbons (Fsp3) is 0.524. The molecule has 27 heavy (non-hydrogen) atoms. The first-order valence-corrected chi connectivity index (χ1v) is 9.78. The molecule has 0 unspecified atom stereocenters. The number of esters is 1. The van der Waals surface area contributed by atoms with Crippen molar-refractivity contribution < 1.29 is 14.3 Å². The molecule has 0 spiro atoms. The van der Waals surface area contributed by atoms with E-state index in [1.54, 1.807) is 6.92 Å². The van der Waals surface area contributed by atoms with Crippen LogP contribution >= 0.6 is 0 Å². The number of benzene rings is 1. The van der Waals surface area contributed by atoms with Crippen LogP contribution in [0.3, 0.4) is 0 Å². The third-order valence-electron chi connectivity index (χ3n) is 5.36. The summed E-state index contributed by atoms with van der Waals surface area (Å²) < 4.78 is 5.33. The molecule has 0 saturated carbocycles. The third kappa shape index (κ3) is 4.50. The van der Waals surface area contributed by atoms with Gasteiger partial charge < -0.3 is 15.4 Å². The van der Waals surface area contributed by atoms with Crippen molar-refractivity contribution in [3.63, 3.8) is 0 Å². The van der Waals surface area contributed by atoms with Crippen molar-refractivity contribution in [1.29, 1.82) is 0 Å². The van der Waals surface area contributed by atoms with Crippen molar-refractivity contribution >= 4 is 12.0 Å². The fourth-order valence-electron chi connectivity index (χ4n) is 3.80. The monoisotopic (exact) mass is 371 g/mol. The summed E-state index contributed by atoms with van der Waals surface area (Å²) in [6.07, 6.45) is 3.50. The lowest BCUT2D eigenvalue weighted by atomic mass is 9.93. The number of nitrogens with one attached hydrogen (secondary N) is 2. The first-order chi connectivity index (χ1) is 13.0. The highest BCUT2D eigenvalue weighted by Gasteiger charge is 2.35. The van der Waals surface area contributed by atoms with E-state index in [0.29, 0.717) is 30.5 Å². The van der Waals surface area contributed by atoms with Crippen molar-refractivity contribution in [3.05, 3.63) is 46.7 Å². The van der Waals surface area contributed by atoms with Crippen LogP contribution in [0.5, 0.6) is 0 Å². The van der Waals surface area contributed by atoms with Gasteiger partial charge in [0.25, 0.3) is 0 Å². The standard InChI is InChI=1S/C21H29N3O3/c1-4-27-20(25)18-17(13-24-12-6-5-7-15(24)3)22-21(26)23-19(18)16-10-8-14(2)9-11-16/h8-11,15,19H,4-7,12-13H2,1-3H3,(H2,22,23,26)/t15-,19+/m0/s1. The van der Waals surface area contributed by atoms with Gasteiger partial charge in [-0.3, -0.25) is 4.90 Å². The molecule has 1 aromatic carbocycles. The number of ether oxygens (including phenoxy) is 1. The van der Waals surface area contributed by atoms with Crippen molar-refractivity contribution in [2.75, 3.05) is 19.7 Å². The number of rotatable bonds is 5. The topological polar surface area (TPSA) is 70.7 Å². The molecule has 2 atom stereocenters. The first-order valence-electron chi connectivity index (χ1n) is 9.78. The minimum atomic E-state index is -0.506. The lowest BCUT2D eigenvalue weighted by Gasteiger charge is -2.36. The maximum atomic E-state index is 12.8. The Morgan fingerprint density at radius 2 is 2.00 bits per heavy atom. The molecule has 1 aromatic rings.